The minimum Gasteiger partial charge on any atom is -1.00 e. The molecule has 0 aromatic carbocycles. The predicted octanol–water partition coefficient (Wildman–Crippen LogP) is -2.66. The van der Waals surface area contributed by atoms with Crippen LogP contribution in [0.25, 0.3) is 0 Å². The van der Waals surface area contributed by atoms with Crippen molar-refractivity contribution in [3.05, 3.63) is 0 Å². The van der Waals surface area contributed by atoms with Gasteiger partial charge in [0, 0.05) is 0 Å². The first-order valence-corrected chi connectivity index (χ1v) is 2.31. The first-order chi connectivity index (χ1) is 3.27. The van der Waals surface area contributed by atoms with E-state index in [-0.39, 0.29) is 36.4 Å². The van der Waals surface area contributed by atoms with E-state index in [2.05, 4.69) is 0 Å². The summed E-state index contributed by atoms with van der Waals surface area (Å²) in [4.78, 5) is 10.0. The van der Waals surface area contributed by atoms with Gasteiger partial charge in [-0.05, 0) is 6.92 Å². The molecule has 1 rings (SSSR count). The van der Waals surface area contributed by atoms with E-state index in [0.717, 1.165) is 6.29 Å². The molecule has 0 aromatic heterocycles. The minimum absolute atomic E-state index is 0. The molecule has 1 aliphatic rings. The maximum absolute atomic E-state index is 10.0. The molecule has 8 heavy (non-hydrogen) atoms. The van der Waals surface area contributed by atoms with Crippen LogP contribution in [0.15, 0.2) is 0 Å². The second kappa shape index (κ2) is 2.97. The molecule has 0 saturated carbocycles. The van der Waals surface area contributed by atoms with Crippen LogP contribution in [0, 0.1) is 5.41 Å². The van der Waals surface area contributed by atoms with Gasteiger partial charge in [0.15, 0.2) is 0 Å². The minimum atomic E-state index is -0.139. The van der Waals surface area contributed by atoms with Gasteiger partial charge in [0.1, 0.15) is 6.29 Å². The summed E-state index contributed by atoms with van der Waals surface area (Å²) in [5.41, 5.74) is -0.139. The quantitative estimate of drug-likeness (QED) is 0.282. The van der Waals surface area contributed by atoms with Crippen molar-refractivity contribution < 1.29 is 40.5 Å². The molecule has 0 radical (unpaired) electrons. The molecule has 3 heteroatoms. The van der Waals surface area contributed by atoms with Gasteiger partial charge in [0.05, 0.1) is 18.6 Å². The SMILES string of the molecule is CC1(C=O)COC1.[H-].[Na+]. The molecule has 2 nitrogen and oxygen atoms in total. The average molecular weight is 124 g/mol. The van der Waals surface area contributed by atoms with Crippen LogP contribution in [0.3, 0.4) is 0 Å². The fraction of sp³-hybridized carbons (Fsp3) is 0.800. The second-order valence-corrected chi connectivity index (χ2v) is 2.26. The average Bonchev–Trinajstić information content (AvgIpc) is 1.61. The maximum atomic E-state index is 10.0. The Labute approximate surface area is 72.4 Å². The molecular weight excluding hydrogens is 115 g/mol. The Morgan fingerprint density at radius 1 is 1.75 bits per heavy atom. The first-order valence-electron chi connectivity index (χ1n) is 2.31. The van der Waals surface area contributed by atoms with Gasteiger partial charge < -0.3 is 11.0 Å². The van der Waals surface area contributed by atoms with E-state index in [1.807, 2.05) is 6.92 Å². The summed E-state index contributed by atoms with van der Waals surface area (Å²) in [5, 5.41) is 0. The molecule has 1 aliphatic heterocycles. The van der Waals surface area contributed by atoms with E-state index in [9.17, 15) is 4.79 Å². The smallest absolute Gasteiger partial charge is 1.00 e. The summed E-state index contributed by atoms with van der Waals surface area (Å²) < 4.78 is 4.80. The van der Waals surface area contributed by atoms with Gasteiger partial charge in [0.2, 0.25) is 0 Å². The van der Waals surface area contributed by atoms with E-state index in [1.165, 1.54) is 0 Å². The number of aldehydes is 1. The van der Waals surface area contributed by atoms with Crippen molar-refractivity contribution in [3.8, 4) is 0 Å². The molecule has 0 unspecified atom stereocenters. The van der Waals surface area contributed by atoms with E-state index in [4.69, 9.17) is 4.74 Å². The Hall–Kier alpha value is 0.630. The van der Waals surface area contributed by atoms with Crippen LogP contribution in [0.1, 0.15) is 8.35 Å². The molecule has 1 fully saturated rings. The summed E-state index contributed by atoms with van der Waals surface area (Å²) in [6.07, 6.45) is 0.955. The molecule has 1 heterocycles. The van der Waals surface area contributed by atoms with Crippen LogP contribution < -0.4 is 29.6 Å². The van der Waals surface area contributed by atoms with Crippen molar-refractivity contribution in [1.82, 2.24) is 0 Å². The Kier molecular flexibility index (Phi) is 3.20. The Morgan fingerprint density at radius 3 is 2.25 bits per heavy atom. The van der Waals surface area contributed by atoms with E-state index >= 15 is 0 Å². The molecular formula is C5H9NaO2. The fourth-order valence-electron chi connectivity index (χ4n) is 0.492. The van der Waals surface area contributed by atoms with Crippen molar-refractivity contribution in [2.24, 2.45) is 5.41 Å². The molecule has 1 saturated heterocycles. The zero-order valence-electron chi connectivity index (χ0n) is 6.31. The van der Waals surface area contributed by atoms with Gasteiger partial charge in [-0.25, -0.2) is 0 Å². The number of rotatable bonds is 1. The van der Waals surface area contributed by atoms with Gasteiger partial charge in [0.25, 0.3) is 0 Å². The molecule has 0 amide bonds. The number of carbonyl (C=O) groups is 1. The van der Waals surface area contributed by atoms with Crippen LogP contribution in [0.2, 0.25) is 0 Å². The molecule has 42 valence electrons. The predicted molar refractivity (Wildman–Crippen MR) is 26.1 cm³/mol. The van der Waals surface area contributed by atoms with E-state index in [1.54, 1.807) is 0 Å². The summed E-state index contributed by atoms with van der Waals surface area (Å²) in [6.45, 7) is 3.11. The molecule has 0 N–H and O–H groups in total. The van der Waals surface area contributed by atoms with Gasteiger partial charge in [-0.15, -0.1) is 0 Å². The van der Waals surface area contributed by atoms with Gasteiger partial charge in [-0.2, -0.15) is 0 Å². The van der Waals surface area contributed by atoms with Crippen LogP contribution in [0.4, 0.5) is 0 Å². The molecule has 0 atom stereocenters. The zero-order chi connectivity index (χ0) is 5.33. The van der Waals surface area contributed by atoms with E-state index in [0.29, 0.717) is 13.2 Å². The van der Waals surface area contributed by atoms with E-state index < -0.39 is 0 Å². The van der Waals surface area contributed by atoms with Crippen molar-refractivity contribution in [2.75, 3.05) is 13.2 Å². The zero-order valence-corrected chi connectivity index (χ0v) is 7.31. The van der Waals surface area contributed by atoms with Crippen molar-refractivity contribution in [2.45, 2.75) is 6.92 Å². The number of hydrogen-bond acceptors (Lipinski definition) is 2. The van der Waals surface area contributed by atoms with Gasteiger partial charge in [-0.3, -0.25) is 0 Å². The Balaban J connectivity index is 0. The fourth-order valence-corrected chi connectivity index (χ4v) is 0.492. The molecule has 0 bridgehead atoms. The van der Waals surface area contributed by atoms with Crippen molar-refractivity contribution in [1.29, 1.82) is 0 Å². The normalized spacial score (nSPS) is 22.6. The summed E-state index contributed by atoms with van der Waals surface area (Å²) >= 11 is 0. The Morgan fingerprint density at radius 2 is 2.25 bits per heavy atom. The third-order valence-corrected chi connectivity index (χ3v) is 1.15. The number of hydrogen-bond donors (Lipinski definition) is 0. The van der Waals surface area contributed by atoms with Crippen LogP contribution in [0.5, 0.6) is 0 Å². The number of ether oxygens (including phenoxy) is 1. The Bertz CT molecular complexity index is 93.0. The number of carbonyl (C=O) groups excluding carboxylic acids is 1. The third kappa shape index (κ3) is 1.55. The molecule has 0 aliphatic carbocycles. The van der Waals surface area contributed by atoms with Gasteiger partial charge >= 0.3 is 29.6 Å². The molecule has 0 aromatic rings. The van der Waals surface area contributed by atoms with Gasteiger partial charge in [-0.1, -0.05) is 0 Å². The van der Waals surface area contributed by atoms with Crippen LogP contribution in [-0.4, -0.2) is 19.5 Å². The van der Waals surface area contributed by atoms with Crippen molar-refractivity contribution >= 4 is 6.29 Å². The topological polar surface area (TPSA) is 26.3 Å². The first kappa shape index (κ1) is 8.63. The summed E-state index contributed by atoms with van der Waals surface area (Å²) in [7, 11) is 0. The third-order valence-electron chi connectivity index (χ3n) is 1.15. The van der Waals surface area contributed by atoms with Crippen LogP contribution in [-0.2, 0) is 9.53 Å². The van der Waals surface area contributed by atoms with Crippen LogP contribution >= 0.6 is 0 Å². The maximum Gasteiger partial charge on any atom is 1.00 e. The van der Waals surface area contributed by atoms with Crippen molar-refractivity contribution in [3.63, 3.8) is 0 Å². The molecule has 0 spiro atoms. The second-order valence-electron chi connectivity index (χ2n) is 2.26. The monoisotopic (exact) mass is 124 g/mol. The largest absolute Gasteiger partial charge is 1.00 e. The summed E-state index contributed by atoms with van der Waals surface area (Å²) in [5.74, 6) is 0. The standard InChI is InChI=1S/C5H8O2.Na.H/c1-5(2-6)3-7-4-5;;/h2H,3-4H2,1H3;;/q;+1;-1. The summed E-state index contributed by atoms with van der Waals surface area (Å²) in [6, 6.07) is 0.